The summed E-state index contributed by atoms with van der Waals surface area (Å²) in [7, 11) is 4.41. The number of hydrogen-bond donors (Lipinski definition) is 1. The van der Waals surface area contributed by atoms with E-state index in [0.29, 0.717) is 44.5 Å². The Hall–Kier alpha value is -3.39. The van der Waals surface area contributed by atoms with Crippen LogP contribution in [0.3, 0.4) is 0 Å². The first-order chi connectivity index (χ1) is 14.4. The Balaban J connectivity index is 1.69. The van der Waals surface area contributed by atoms with Crippen LogP contribution in [0.4, 0.5) is 5.69 Å². The van der Waals surface area contributed by atoms with Gasteiger partial charge in [0.25, 0.3) is 5.91 Å². The number of amides is 1. The summed E-state index contributed by atoms with van der Waals surface area (Å²) in [6.07, 6.45) is 0. The van der Waals surface area contributed by atoms with Gasteiger partial charge in [-0.15, -0.1) is 0 Å². The number of aryl methyl sites for hydroxylation is 1. The molecule has 8 nitrogen and oxygen atoms in total. The van der Waals surface area contributed by atoms with E-state index in [4.69, 9.17) is 35.0 Å². The average molecular weight is 434 g/mol. The Kier molecular flexibility index (Phi) is 6.37. The minimum Gasteiger partial charge on any atom is -0.493 e. The minimum atomic E-state index is -0.750. The normalized spacial score (nSPS) is 10.6. The molecule has 2 aromatic carbocycles. The Morgan fingerprint density at radius 3 is 2.30 bits per heavy atom. The minimum absolute atomic E-state index is 0.0212. The quantitative estimate of drug-likeness (QED) is 0.557. The lowest BCUT2D eigenvalue weighted by molar-refractivity contribution is -0.119. The zero-order valence-electron chi connectivity index (χ0n) is 16.8. The molecular formula is C21H20ClNO7. The predicted octanol–water partition coefficient (Wildman–Crippen LogP) is 4.22. The van der Waals surface area contributed by atoms with Gasteiger partial charge in [0.15, 0.2) is 18.1 Å². The van der Waals surface area contributed by atoms with Gasteiger partial charge in [-0.2, -0.15) is 0 Å². The number of rotatable bonds is 7. The number of nitrogens with one attached hydrogen (secondary N) is 1. The van der Waals surface area contributed by atoms with Gasteiger partial charge in [-0.25, -0.2) is 4.79 Å². The van der Waals surface area contributed by atoms with E-state index in [1.807, 2.05) is 0 Å². The second-order valence-electron chi connectivity index (χ2n) is 6.23. The maximum absolute atomic E-state index is 12.4. The van der Waals surface area contributed by atoms with Gasteiger partial charge in [0.2, 0.25) is 11.5 Å². The van der Waals surface area contributed by atoms with Gasteiger partial charge >= 0.3 is 5.97 Å². The number of esters is 1. The summed E-state index contributed by atoms with van der Waals surface area (Å²) in [4.78, 5) is 24.6. The SMILES string of the molecule is COc1cc(NC(=O)COC(=O)c2oc3ccc(Cl)cc3c2C)cc(OC)c1OC. The molecule has 0 saturated carbocycles. The molecule has 3 aromatic rings. The molecule has 9 heteroatoms. The number of hydrogen-bond acceptors (Lipinski definition) is 7. The van der Waals surface area contributed by atoms with E-state index < -0.39 is 18.5 Å². The monoisotopic (exact) mass is 433 g/mol. The van der Waals surface area contributed by atoms with Crippen LogP contribution in [0.1, 0.15) is 16.1 Å². The average Bonchev–Trinajstić information content (AvgIpc) is 3.07. The van der Waals surface area contributed by atoms with Crippen molar-refractivity contribution >= 4 is 40.1 Å². The first-order valence-electron chi connectivity index (χ1n) is 8.83. The second-order valence-corrected chi connectivity index (χ2v) is 6.67. The molecular weight excluding hydrogens is 414 g/mol. The van der Waals surface area contributed by atoms with Crippen molar-refractivity contribution in [3.63, 3.8) is 0 Å². The van der Waals surface area contributed by atoms with E-state index in [1.165, 1.54) is 21.3 Å². The number of carbonyl (C=O) groups excluding carboxylic acids is 2. The van der Waals surface area contributed by atoms with Gasteiger partial charge in [0.1, 0.15) is 5.58 Å². The molecule has 0 aliphatic carbocycles. The van der Waals surface area contributed by atoms with Crippen molar-refractivity contribution in [3.05, 3.63) is 46.7 Å². The van der Waals surface area contributed by atoms with Gasteiger partial charge in [-0.05, 0) is 25.1 Å². The number of furan rings is 1. The highest BCUT2D eigenvalue weighted by Crippen LogP contribution is 2.39. The third-order valence-corrected chi connectivity index (χ3v) is 4.60. The summed E-state index contributed by atoms with van der Waals surface area (Å²) in [6, 6.07) is 8.15. The van der Waals surface area contributed by atoms with Crippen molar-refractivity contribution in [2.24, 2.45) is 0 Å². The van der Waals surface area contributed by atoms with Gasteiger partial charge in [0, 0.05) is 33.8 Å². The van der Waals surface area contributed by atoms with Crippen LogP contribution >= 0.6 is 11.6 Å². The van der Waals surface area contributed by atoms with Crippen LogP contribution in [-0.2, 0) is 9.53 Å². The number of halogens is 1. The van der Waals surface area contributed by atoms with Crippen LogP contribution in [0.25, 0.3) is 11.0 Å². The Labute approximate surface area is 177 Å². The number of ether oxygens (including phenoxy) is 4. The molecule has 0 atom stereocenters. The van der Waals surface area contributed by atoms with Gasteiger partial charge in [-0.1, -0.05) is 11.6 Å². The summed E-state index contributed by atoms with van der Waals surface area (Å²) in [5.74, 6) is -0.131. The van der Waals surface area contributed by atoms with Crippen LogP contribution < -0.4 is 19.5 Å². The van der Waals surface area contributed by atoms with E-state index in [9.17, 15) is 9.59 Å². The van der Waals surface area contributed by atoms with E-state index in [0.717, 1.165) is 0 Å². The van der Waals surface area contributed by atoms with Crippen LogP contribution in [-0.4, -0.2) is 39.8 Å². The number of methoxy groups -OCH3 is 3. The summed E-state index contributed by atoms with van der Waals surface area (Å²) >= 11 is 5.98. The number of anilines is 1. The fourth-order valence-corrected chi connectivity index (χ4v) is 3.11. The standard InChI is InChI=1S/C21H20ClNO7/c1-11-14-7-12(22)5-6-15(14)30-19(11)21(25)29-10-18(24)23-13-8-16(26-2)20(28-4)17(9-13)27-3/h5-9H,10H2,1-4H3,(H,23,24). The Bertz CT molecular complexity index is 1080. The molecule has 0 saturated heterocycles. The molecule has 3 rings (SSSR count). The Morgan fingerprint density at radius 2 is 1.70 bits per heavy atom. The smallest absolute Gasteiger partial charge is 0.375 e. The molecule has 1 aromatic heterocycles. The van der Waals surface area contributed by atoms with Crippen LogP contribution in [0.2, 0.25) is 5.02 Å². The van der Waals surface area contributed by atoms with Crippen molar-refractivity contribution < 1.29 is 33.0 Å². The zero-order valence-corrected chi connectivity index (χ0v) is 17.6. The van der Waals surface area contributed by atoms with E-state index in [1.54, 1.807) is 37.3 Å². The molecule has 158 valence electrons. The number of carbonyl (C=O) groups is 2. The zero-order chi connectivity index (χ0) is 21.8. The largest absolute Gasteiger partial charge is 0.493 e. The summed E-state index contributed by atoms with van der Waals surface area (Å²) in [6.45, 7) is 1.21. The molecule has 0 fully saturated rings. The summed E-state index contributed by atoms with van der Waals surface area (Å²) in [5.41, 5.74) is 1.48. The maximum atomic E-state index is 12.4. The highest BCUT2D eigenvalue weighted by atomic mass is 35.5. The summed E-state index contributed by atoms with van der Waals surface area (Å²) in [5, 5.41) is 3.85. The third-order valence-electron chi connectivity index (χ3n) is 4.37. The fourth-order valence-electron chi connectivity index (χ4n) is 2.93. The van der Waals surface area contributed by atoms with Crippen LogP contribution in [0.15, 0.2) is 34.7 Å². The molecule has 1 heterocycles. The topological polar surface area (TPSA) is 96.2 Å². The predicted molar refractivity (Wildman–Crippen MR) is 111 cm³/mol. The van der Waals surface area contributed by atoms with E-state index >= 15 is 0 Å². The van der Waals surface area contributed by atoms with Crippen molar-refractivity contribution in [1.82, 2.24) is 0 Å². The number of fused-ring (bicyclic) bond motifs is 1. The number of benzene rings is 2. The maximum Gasteiger partial charge on any atom is 0.375 e. The molecule has 30 heavy (non-hydrogen) atoms. The van der Waals surface area contributed by atoms with Crippen molar-refractivity contribution in [2.75, 3.05) is 33.3 Å². The van der Waals surface area contributed by atoms with Crippen molar-refractivity contribution in [3.8, 4) is 17.2 Å². The molecule has 1 amide bonds. The van der Waals surface area contributed by atoms with Crippen LogP contribution in [0.5, 0.6) is 17.2 Å². The van der Waals surface area contributed by atoms with Crippen molar-refractivity contribution in [2.45, 2.75) is 6.92 Å². The molecule has 0 aliphatic heterocycles. The lowest BCUT2D eigenvalue weighted by atomic mass is 10.1. The molecule has 0 bridgehead atoms. The highest BCUT2D eigenvalue weighted by Gasteiger charge is 2.21. The van der Waals surface area contributed by atoms with Crippen molar-refractivity contribution in [1.29, 1.82) is 0 Å². The molecule has 0 radical (unpaired) electrons. The third kappa shape index (κ3) is 4.28. The first-order valence-corrected chi connectivity index (χ1v) is 9.21. The molecule has 1 N–H and O–H groups in total. The molecule has 0 unspecified atom stereocenters. The van der Waals surface area contributed by atoms with Gasteiger partial charge in [-0.3, -0.25) is 4.79 Å². The Morgan fingerprint density at radius 1 is 1.03 bits per heavy atom. The van der Waals surface area contributed by atoms with E-state index in [-0.39, 0.29) is 5.76 Å². The van der Waals surface area contributed by atoms with Gasteiger partial charge in [0.05, 0.1) is 21.3 Å². The van der Waals surface area contributed by atoms with Gasteiger partial charge < -0.3 is 28.7 Å². The van der Waals surface area contributed by atoms with Crippen LogP contribution in [0, 0.1) is 6.92 Å². The van der Waals surface area contributed by atoms with E-state index in [2.05, 4.69) is 5.32 Å². The highest BCUT2D eigenvalue weighted by molar-refractivity contribution is 6.31. The first kappa shape index (κ1) is 21.3. The lowest BCUT2D eigenvalue weighted by Gasteiger charge is -2.14. The lowest BCUT2D eigenvalue weighted by Crippen LogP contribution is -2.21. The second kappa shape index (κ2) is 8.96. The summed E-state index contributed by atoms with van der Waals surface area (Å²) < 4.78 is 26.4. The molecule has 0 spiro atoms. The molecule has 0 aliphatic rings. The fraction of sp³-hybridized carbons (Fsp3) is 0.238.